The van der Waals surface area contributed by atoms with Crippen LogP contribution in [0.15, 0.2) is 12.1 Å². The number of aromatic nitrogens is 1. The molecule has 0 saturated heterocycles. The van der Waals surface area contributed by atoms with Gasteiger partial charge in [-0.2, -0.15) is 0 Å². The van der Waals surface area contributed by atoms with Crippen LogP contribution in [0.5, 0.6) is 11.5 Å². The van der Waals surface area contributed by atoms with E-state index in [4.69, 9.17) is 15.2 Å². The normalized spacial score (nSPS) is 11.0. The van der Waals surface area contributed by atoms with Crippen molar-refractivity contribution >= 4 is 10.9 Å². The number of nitrogens with zero attached hydrogens (tertiary/aromatic N) is 1. The lowest BCUT2D eigenvalue weighted by Gasteiger charge is -2.08. The summed E-state index contributed by atoms with van der Waals surface area (Å²) >= 11 is 0. The second-order valence-electron chi connectivity index (χ2n) is 4.74. The molecule has 2 N–H and O–H groups in total. The van der Waals surface area contributed by atoms with Gasteiger partial charge in [-0.3, -0.25) is 0 Å². The van der Waals surface area contributed by atoms with E-state index in [1.165, 1.54) is 16.6 Å². The Bertz CT molecular complexity index is 588. The highest BCUT2D eigenvalue weighted by molar-refractivity contribution is 5.92. The molecule has 0 saturated carbocycles. The van der Waals surface area contributed by atoms with Crippen molar-refractivity contribution in [2.45, 2.75) is 19.8 Å². The summed E-state index contributed by atoms with van der Waals surface area (Å²) in [6.07, 6.45) is 1.96. The zero-order valence-electron chi connectivity index (χ0n) is 12.1. The van der Waals surface area contributed by atoms with Crippen LogP contribution in [0.2, 0.25) is 0 Å². The standard InChI is InChI=1S/C15H22N2O2/c1-10-12(6-5-7-16)15-13(17(10)2)8-11(18-3)9-14(15)19-4/h8-9H,5-7,16H2,1-4H3. The minimum absolute atomic E-state index is 0.703. The molecular weight excluding hydrogens is 240 g/mol. The molecule has 19 heavy (non-hydrogen) atoms. The predicted octanol–water partition coefficient (Wildman–Crippen LogP) is 2.40. The number of nitrogens with two attached hydrogens (primary N) is 1. The van der Waals surface area contributed by atoms with E-state index >= 15 is 0 Å². The Morgan fingerprint density at radius 3 is 2.53 bits per heavy atom. The average molecular weight is 262 g/mol. The van der Waals surface area contributed by atoms with Gasteiger partial charge in [0.2, 0.25) is 0 Å². The fraction of sp³-hybridized carbons (Fsp3) is 0.467. The van der Waals surface area contributed by atoms with Crippen LogP contribution in [0.25, 0.3) is 10.9 Å². The lowest BCUT2D eigenvalue weighted by Crippen LogP contribution is -2.01. The Labute approximate surface area is 114 Å². The van der Waals surface area contributed by atoms with Gasteiger partial charge in [0.1, 0.15) is 11.5 Å². The van der Waals surface area contributed by atoms with Gasteiger partial charge in [0.05, 0.1) is 19.7 Å². The molecule has 4 nitrogen and oxygen atoms in total. The Morgan fingerprint density at radius 1 is 1.21 bits per heavy atom. The molecule has 1 aromatic heterocycles. The molecule has 0 bridgehead atoms. The molecule has 104 valence electrons. The van der Waals surface area contributed by atoms with Gasteiger partial charge in [0.15, 0.2) is 0 Å². The first-order chi connectivity index (χ1) is 9.13. The maximum absolute atomic E-state index is 5.64. The summed E-state index contributed by atoms with van der Waals surface area (Å²) in [5.74, 6) is 1.68. The minimum atomic E-state index is 0.703. The van der Waals surface area contributed by atoms with E-state index in [2.05, 4.69) is 24.6 Å². The van der Waals surface area contributed by atoms with Crippen molar-refractivity contribution in [1.29, 1.82) is 0 Å². The average Bonchev–Trinajstić information content (AvgIpc) is 2.68. The fourth-order valence-electron chi connectivity index (χ4n) is 2.57. The number of rotatable bonds is 5. The first kappa shape index (κ1) is 13.7. The van der Waals surface area contributed by atoms with E-state index in [0.717, 1.165) is 29.9 Å². The summed E-state index contributed by atoms with van der Waals surface area (Å²) < 4.78 is 13.1. The third-order valence-electron chi connectivity index (χ3n) is 3.74. The topological polar surface area (TPSA) is 49.4 Å². The molecule has 0 radical (unpaired) electrons. The summed E-state index contributed by atoms with van der Waals surface area (Å²) in [7, 11) is 5.44. The quantitative estimate of drug-likeness (QED) is 0.900. The van der Waals surface area contributed by atoms with E-state index in [1.54, 1.807) is 14.2 Å². The van der Waals surface area contributed by atoms with Crippen molar-refractivity contribution in [3.8, 4) is 11.5 Å². The lowest BCUT2D eigenvalue weighted by atomic mass is 10.0. The second-order valence-corrected chi connectivity index (χ2v) is 4.74. The molecule has 2 rings (SSSR count). The van der Waals surface area contributed by atoms with Crippen LogP contribution < -0.4 is 15.2 Å². The van der Waals surface area contributed by atoms with Crippen LogP contribution in [0.1, 0.15) is 17.7 Å². The molecular formula is C15H22N2O2. The van der Waals surface area contributed by atoms with Crippen LogP contribution in [0, 0.1) is 6.92 Å². The maximum Gasteiger partial charge on any atom is 0.132 e. The van der Waals surface area contributed by atoms with Crippen molar-refractivity contribution < 1.29 is 9.47 Å². The van der Waals surface area contributed by atoms with Crippen molar-refractivity contribution in [3.05, 3.63) is 23.4 Å². The predicted molar refractivity (Wildman–Crippen MR) is 78.1 cm³/mol. The van der Waals surface area contributed by atoms with Crippen LogP contribution >= 0.6 is 0 Å². The third-order valence-corrected chi connectivity index (χ3v) is 3.74. The molecule has 1 heterocycles. The molecule has 4 heteroatoms. The van der Waals surface area contributed by atoms with E-state index in [9.17, 15) is 0 Å². The van der Waals surface area contributed by atoms with Crippen molar-refractivity contribution in [2.24, 2.45) is 12.8 Å². The van der Waals surface area contributed by atoms with Crippen LogP contribution in [0.3, 0.4) is 0 Å². The van der Waals surface area contributed by atoms with E-state index in [-0.39, 0.29) is 0 Å². The maximum atomic E-state index is 5.64. The number of ether oxygens (including phenoxy) is 2. The molecule has 0 amide bonds. The van der Waals surface area contributed by atoms with Gasteiger partial charge in [0, 0.05) is 30.3 Å². The van der Waals surface area contributed by atoms with Gasteiger partial charge in [-0.15, -0.1) is 0 Å². The molecule has 0 spiro atoms. The largest absolute Gasteiger partial charge is 0.497 e. The fourth-order valence-corrected chi connectivity index (χ4v) is 2.57. The summed E-state index contributed by atoms with van der Waals surface area (Å²) in [5.41, 5.74) is 9.36. The lowest BCUT2D eigenvalue weighted by molar-refractivity contribution is 0.397. The summed E-state index contributed by atoms with van der Waals surface area (Å²) in [6.45, 7) is 2.84. The van der Waals surface area contributed by atoms with Crippen molar-refractivity contribution in [3.63, 3.8) is 0 Å². The van der Waals surface area contributed by atoms with Gasteiger partial charge in [-0.1, -0.05) is 0 Å². The minimum Gasteiger partial charge on any atom is -0.497 e. The highest BCUT2D eigenvalue weighted by atomic mass is 16.5. The summed E-state index contributed by atoms with van der Waals surface area (Å²) in [4.78, 5) is 0. The third kappa shape index (κ3) is 2.28. The SMILES string of the molecule is COc1cc(OC)c2c(CCCN)c(C)n(C)c2c1. The number of hydrogen-bond acceptors (Lipinski definition) is 3. The number of benzene rings is 1. The highest BCUT2D eigenvalue weighted by Crippen LogP contribution is 2.37. The molecule has 2 aromatic rings. The Kier molecular flexibility index (Phi) is 4.00. The second kappa shape index (κ2) is 5.53. The number of aryl methyl sites for hydroxylation is 2. The van der Waals surface area contributed by atoms with Crippen molar-refractivity contribution in [2.75, 3.05) is 20.8 Å². The zero-order valence-corrected chi connectivity index (χ0v) is 12.1. The molecule has 0 aliphatic rings. The first-order valence-electron chi connectivity index (χ1n) is 6.54. The molecule has 0 aliphatic heterocycles. The highest BCUT2D eigenvalue weighted by Gasteiger charge is 2.17. The van der Waals surface area contributed by atoms with Crippen LogP contribution in [-0.4, -0.2) is 25.3 Å². The number of fused-ring (bicyclic) bond motifs is 1. The molecule has 0 atom stereocenters. The summed E-state index contributed by atoms with van der Waals surface area (Å²) in [6, 6.07) is 3.99. The number of hydrogen-bond donors (Lipinski definition) is 1. The van der Waals surface area contributed by atoms with Gasteiger partial charge in [-0.25, -0.2) is 0 Å². The van der Waals surface area contributed by atoms with Gasteiger partial charge in [-0.05, 0) is 31.9 Å². The molecule has 0 unspecified atom stereocenters. The smallest absolute Gasteiger partial charge is 0.132 e. The van der Waals surface area contributed by atoms with Crippen LogP contribution in [0.4, 0.5) is 0 Å². The van der Waals surface area contributed by atoms with E-state index in [1.807, 2.05) is 6.07 Å². The van der Waals surface area contributed by atoms with Gasteiger partial charge in [0.25, 0.3) is 0 Å². The van der Waals surface area contributed by atoms with E-state index < -0.39 is 0 Å². The Morgan fingerprint density at radius 2 is 1.95 bits per heavy atom. The summed E-state index contributed by atoms with van der Waals surface area (Å²) in [5, 5.41) is 1.18. The Balaban J connectivity index is 2.71. The number of methoxy groups -OCH3 is 2. The zero-order chi connectivity index (χ0) is 14.0. The Hall–Kier alpha value is -1.68. The van der Waals surface area contributed by atoms with Crippen LogP contribution in [-0.2, 0) is 13.5 Å². The molecule has 0 fully saturated rings. The first-order valence-corrected chi connectivity index (χ1v) is 6.54. The van der Waals surface area contributed by atoms with E-state index in [0.29, 0.717) is 6.54 Å². The van der Waals surface area contributed by atoms with Gasteiger partial charge >= 0.3 is 0 Å². The van der Waals surface area contributed by atoms with Crippen molar-refractivity contribution in [1.82, 2.24) is 4.57 Å². The van der Waals surface area contributed by atoms with Gasteiger partial charge < -0.3 is 19.8 Å². The monoisotopic (exact) mass is 262 g/mol. The molecule has 1 aromatic carbocycles. The molecule has 0 aliphatic carbocycles.